The van der Waals surface area contributed by atoms with Crippen molar-refractivity contribution in [2.24, 2.45) is 5.73 Å². The molecule has 0 spiro atoms. The highest BCUT2D eigenvalue weighted by molar-refractivity contribution is 5.84. The Labute approximate surface area is 153 Å². The van der Waals surface area contributed by atoms with E-state index in [1.54, 1.807) is 6.20 Å². The summed E-state index contributed by atoms with van der Waals surface area (Å²) in [5.74, 6) is 1.06. The highest BCUT2D eigenvalue weighted by Gasteiger charge is 2.28. The van der Waals surface area contributed by atoms with E-state index in [0.717, 1.165) is 62.0 Å². The van der Waals surface area contributed by atoms with Gasteiger partial charge in [-0.3, -0.25) is 14.7 Å². The molecule has 0 saturated carbocycles. The first-order valence-corrected chi connectivity index (χ1v) is 9.48. The van der Waals surface area contributed by atoms with Crippen molar-refractivity contribution in [1.82, 2.24) is 14.8 Å². The number of piperidine rings is 1. The molecule has 0 bridgehead atoms. The van der Waals surface area contributed by atoms with Crippen molar-refractivity contribution in [3.8, 4) is 5.75 Å². The van der Waals surface area contributed by atoms with Crippen LogP contribution in [0.25, 0.3) is 10.9 Å². The highest BCUT2D eigenvalue weighted by Crippen LogP contribution is 2.27. The predicted molar refractivity (Wildman–Crippen MR) is 101 cm³/mol. The van der Waals surface area contributed by atoms with Crippen molar-refractivity contribution in [3.63, 3.8) is 0 Å². The van der Waals surface area contributed by atoms with Crippen molar-refractivity contribution >= 4 is 16.8 Å². The van der Waals surface area contributed by atoms with E-state index in [4.69, 9.17) is 10.5 Å². The molecule has 138 valence electrons. The molecular weight excluding hydrogens is 328 g/mol. The van der Waals surface area contributed by atoms with Crippen LogP contribution in [-0.2, 0) is 4.79 Å². The monoisotopic (exact) mass is 354 g/mol. The number of hydrogen-bond acceptors (Lipinski definition) is 5. The summed E-state index contributed by atoms with van der Waals surface area (Å²) in [5, 5.41) is 1.05. The smallest absolute Gasteiger partial charge is 0.237 e. The number of likely N-dealkylation sites (tertiary alicyclic amines) is 2. The molecule has 6 nitrogen and oxygen atoms in total. The van der Waals surface area contributed by atoms with Gasteiger partial charge in [0.2, 0.25) is 5.91 Å². The van der Waals surface area contributed by atoms with Gasteiger partial charge in [-0.1, -0.05) is 6.07 Å². The first kappa shape index (κ1) is 17.2. The standard InChI is InChI=1S/C20H26N4O2/c21-19-7-3-11-24(19)20(25)14-23-12-8-15(9-13-23)26-18-6-1-5-17-16(18)4-2-10-22-17/h1-2,4-6,10,15,19H,3,7-9,11-14,21H2/t19-/m0/s1. The van der Waals surface area contributed by atoms with Gasteiger partial charge >= 0.3 is 0 Å². The number of pyridine rings is 1. The number of carbonyl (C=O) groups excluding carboxylic acids is 1. The Balaban J connectivity index is 1.31. The first-order valence-electron chi connectivity index (χ1n) is 9.48. The third kappa shape index (κ3) is 3.66. The van der Waals surface area contributed by atoms with Gasteiger partial charge in [0.1, 0.15) is 11.9 Å². The largest absolute Gasteiger partial charge is 0.490 e. The maximum absolute atomic E-state index is 12.4. The zero-order valence-corrected chi connectivity index (χ0v) is 15.0. The zero-order chi connectivity index (χ0) is 17.9. The van der Waals surface area contributed by atoms with Crippen LogP contribution >= 0.6 is 0 Å². The van der Waals surface area contributed by atoms with Crippen molar-refractivity contribution in [1.29, 1.82) is 0 Å². The summed E-state index contributed by atoms with van der Waals surface area (Å²) in [4.78, 5) is 20.8. The fourth-order valence-electron chi connectivity index (χ4n) is 3.93. The molecular formula is C20H26N4O2. The molecule has 4 rings (SSSR count). The third-order valence-electron chi connectivity index (χ3n) is 5.41. The summed E-state index contributed by atoms with van der Waals surface area (Å²) in [6.45, 7) is 3.03. The predicted octanol–water partition coefficient (Wildman–Crippen LogP) is 1.99. The van der Waals surface area contributed by atoms with E-state index in [2.05, 4.69) is 9.88 Å². The molecule has 2 fully saturated rings. The minimum Gasteiger partial charge on any atom is -0.490 e. The van der Waals surface area contributed by atoms with Crippen LogP contribution in [-0.4, -0.2) is 59.1 Å². The van der Waals surface area contributed by atoms with E-state index < -0.39 is 0 Å². The average Bonchev–Trinajstić information content (AvgIpc) is 3.10. The van der Waals surface area contributed by atoms with E-state index in [1.165, 1.54) is 0 Å². The van der Waals surface area contributed by atoms with Crippen LogP contribution in [0.5, 0.6) is 5.75 Å². The van der Waals surface area contributed by atoms with Gasteiger partial charge in [-0.05, 0) is 49.9 Å². The lowest BCUT2D eigenvalue weighted by Crippen LogP contribution is -2.48. The quantitative estimate of drug-likeness (QED) is 0.909. The molecule has 2 aromatic rings. The zero-order valence-electron chi connectivity index (χ0n) is 15.0. The maximum Gasteiger partial charge on any atom is 0.237 e. The molecule has 1 amide bonds. The number of nitrogens with two attached hydrogens (primary N) is 1. The van der Waals surface area contributed by atoms with Gasteiger partial charge in [0.15, 0.2) is 0 Å². The van der Waals surface area contributed by atoms with E-state index in [9.17, 15) is 4.79 Å². The van der Waals surface area contributed by atoms with Crippen molar-refractivity contribution < 1.29 is 9.53 Å². The second kappa shape index (κ2) is 7.60. The van der Waals surface area contributed by atoms with Crippen LogP contribution in [0.1, 0.15) is 25.7 Å². The summed E-state index contributed by atoms with van der Waals surface area (Å²) >= 11 is 0. The minimum atomic E-state index is -0.0941. The molecule has 0 unspecified atom stereocenters. The van der Waals surface area contributed by atoms with Crippen LogP contribution in [0.2, 0.25) is 0 Å². The van der Waals surface area contributed by atoms with Crippen molar-refractivity contribution in [2.75, 3.05) is 26.2 Å². The number of hydrogen-bond donors (Lipinski definition) is 1. The average molecular weight is 354 g/mol. The van der Waals surface area contributed by atoms with Gasteiger partial charge in [0.25, 0.3) is 0 Å². The highest BCUT2D eigenvalue weighted by atomic mass is 16.5. The lowest BCUT2D eigenvalue weighted by molar-refractivity contribution is -0.133. The Hall–Kier alpha value is -2.18. The minimum absolute atomic E-state index is 0.0941. The van der Waals surface area contributed by atoms with Gasteiger partial charge in [-0.2, -0.15) is 0 Å². The molecule has 6 heteroatoms. The van der Waals surface area contributed by atoms with Crippen molar-refractivity contribution in [2.45, 2.75) is 38.0 Å². The molecule has 26 heavy (non-hydrogen) atoms. The van der Waals surface area contributed by atoms with Crippen molar-refractivity contribution in [3.05, 3.63) is 36.5 Å². The van der Waals surface area contributed by atoms with E-state index in [1.807, 2.05) is 35.2 Å². The molecule has 2 N–H and O–H groups in total. The first-order chi connectivity index (χ1) is 12.7. The van der Waals surface area contributed by atoms with E-state index in [0.29, 0.717) is 6.54 Å². The maximum atomic E-state index is 12.4. The van der Waals surface area contributed by atoms with Gasteiger partial charge in [-0.15, -0.1) is 0 Å². The number of ether oxygens (including phenoxy) is 1. The van der Waals surface area contributed by atoms with Crippen LogP contribution in [0, 0.1) is 0 Å². The molecule has 2 aliphatic rings. The Morgan fingerprint density at radius 1 is 1.15 bits per heavy atom. The van der Waals surface area contributed by atoms with Gasteiger partial charge in [0.05, 0.1) is 18.2 Å². The summed E-state index contributed by atoms with van der Waals surface area (Å²) in [7, 11) is 0. The lowest BCUT2D eigenvalue weighted by Gasteiger charge is -2.33. The van der Waals surface area contributed by atoms with E-state index >= 15 is 0 Å². The molecule has 0 radical (unpaired) electrons. The summed E-state index contributed by atoms with van der Waals surface area (Å²) < 4.78 is 6.26. The summed E-state index contributed by atoms with van der Waals surface area (Å²) in [6.07, 6.45) is 5.67. The van der Waals surface area contributed by atoms with Crippen LogP contribution in [0.15, 0.2) is 36.5 Å². The second-order valence-corrected chi connectivity index (χ2v) is 7.22. The molecule has 3 heterocycles. The van der Waals surface area contributed by atoms with Crippen LogP contribution in [0.3, 0.4) is 0 Å². The molecule has 0 aliphatic carbocycles. The Bertz CT molecular complexity index is 768. The molecule has 1 aromatic heterocycles. The Morgan fingerprint density at radius 2 is 2.00 bits per heavy atom. The number of nitrogens with zero attached hydrogens (tertiary/aromatic N) is 3. The van der Waals surface area contributed by atoms with Crippen LogP contribution < -0.4 is 10.5 Å². The number of benzene rings is 1. The fraction of sp³-hybridized carbons (Fsp3) is 0.500. The second-order valence-electron chi connectivity index (χ2n) is 7.22. The number of rotatable bonds is 4. The Morgan fingerprint density at radius 3 is 2.77 bits per heavy atom. The van der Waals surface area contributed by atoms with Gasteiger partial charge in [-0.25, -0.2) is 0 Å². The van der Waals surface area contributed by atoms with Crippen LogP contribution in [0.4, 0.5) is 0 Å². The summed E-state index contributed by atoms with van der Waals surface area (Å²) in [5.41, 5.74) is 6.95. The normalized spacial score (nSPS) is 22.0. The number of amides is 1. The third-order valence-corrected chi connectivity index (χ3v) is 5.41. The SMILES string of the molecule is N[C@@H]1CCCN1C(=O)CN1CCC(Oc2cccc3ncccc23)CC1. The molecule has 2 saturated heterocycles. The molecule has 1 aromatic carbocycles. The molecule has 2 aliphatic heterocycles. The van der Waals surface area contributed by atoms with Gasteiger partial charge < -0.3 is 15.4 Å². The molecule has 1 atom stereocenters. The lowest BCUT2D eigenvalue weighted by atomic mass is 10.1. The van der Waals surface area contributed by atoms with E-state index in [-0.39, 0.29) is 18.2 Å². The number of aromatic nitrogens is 1. The summed E-state index contributed by atoms with van der Waals surface area (Å²) in [6, 6.07) is 9.98. The topological polar surface area (TPSA) is 71.7 Å². The Kier molecular flexibility index (Phi) is 5.04. The number of carbonyl (C=O) groups is 1. The van der Waals surface area contributed by atoms with Gasteiger partial charge in [0, 0.05) is 31.2 Å². The number of fused-ring (bicyclic) bond motifs is 1. The fourth-order valence-corrected chi connectivity index (χ4v) is 3.93.